The Hall–Kier alpha value is -0.810. The topological polar surface area (TPSA) is 43.8 Å². The Bertz CT molecular complexity index is 521. The Kier molecular flexibility index (Phi) is 5.15. The molecule has 1 N–H and O–H groups in total. The molecule has 1 aromatic carbocycles. The molecule has 0 unspecified atom stereocenters. The first-order chi connectivity index (χ1) is 9.76. The highest BCUT2D eigenvalue weighted by atomic mass is 35.5. The molecule has 0 bridgehead atoms. The largest absolute Gasteiger partial charge is 0.389 e. The molecule has 0 radical (unpaired) electrons. The number of benzene rings is 1. The average Bonchev–Trinajstić information content (AvgIpc) is 2.40. The predicted octanol–water partition coefficient (Wildman–Crippen LogP) is 2.52. The second kappa shape index (κ2) is 6.53. The molecule has 1 fully saturated rings. The normalized spacial score (nSPS) is 17.1. The summed E-state index contributed by atoms with van der Waals surface area (Å²) in [6.45, 7) is 6.91. The number of carbonyl (C=O) groups is 1. The highest BCUT2D eigenvalue weighted by molar-refractivity contribution is 6.35. The lowest BCUT2D eigenvalue weighted by atomic mass is 10.1. The second-order valence-corrected chi connectivity index (χ2v) is 6.85. The third-order valence-corrected chi connectivity index (χ3v) is 3.99. The van der Waals surface area contributed by atoms with Gasteiger partial charge in [0.05, 0.1) is 16.2 Å². The Balaban J connectivity index is 1.99. The Morgan fingerprint density at radius 3 is 2.43 bits per heavy atom. The first-order valence-corrected chi connectivity index (χ1v) is 7.71. The molecule has 4 nitrogen and oxygen atoms in total. The van der Waals surface area contributed by atoms with Crippen molar-refractivity contribution >= 4 is 29.1 Å². The van der Waals surface area contributed by atoms with Gasteiger partial charge in [-0.1, -0.05) is 23.2 Å². The predicted molar refractivity (Wildman–Crippen MR) is 85.1 cm³/mol. The summed E-state index contributed by atoms with van der Waals surface area (Å²) in [4.78, 5) is 16.4. The van der Waals surface area contributed by atoms with Gasteiger partial charge < -0.3 is 10.0 Å². The number of hydrogen-bond acceptors (Lipinski definition) is 3. The fourth-order valence-corrected chi connectivity index (χ4v) is 2.86. The van der Waals surface area contributed by atoms with Crippen LogP contribution in [0.25, 0.3) is 0 Å². The first-order valence-electron chi connectivity index (χ1n) is 6.95. The highest BCUT2D eigenvalue weighted by Gasteiger charge is 2.26. The lowest BCUT2D eigenvalue weighted by Gasteiger charge is -2.37. The van der Waals surface area contributed by atoms with Crippen LogP contribution >= 0.6 is 23.2 Å². The average molecular weight is 331 g/mol. The Labute approximate surface area is 135 Å². The van der Waals surface area contributed by atoms with E-state index in [1.54, 1.807) is 36.9 Å². The molecule has 0 saturated carbocycles. The maximum absolute atomic E-state index is 12.5. The lowest BCUT2D eigenvalue weighted by molar-refractivity contribution is 0.0178. The molecule has 1 amide bonds. The third-order valence-electron chi connectivity index (χ3n) is 3.43. The summed E-state index contributed by atoms with van der Waals surface area (Å²) >= 11 is 12.0. The Morgan fingerprint density at radius 2 is 1.86 bits per heavy atom. The molecule has 0 aromatic heterocycles. The van der Waals surface area contributed by atoms with Crippen LogP contribution < -0.4 is 0 Å². The summed E-state index contributed by atoms with van der Waals surface area (Å²) in [6.07, 6.45) is 0. The smallest absolute Gasteiger partial charge is 0.255 e. The summed E-state index contributed by atoms with van der Waals surface area (Å²) in [5.74, 6) is -0.0922. The number of carbonyl (C=O) groups excluding carboxylic acids is 1. The van der Waals surface area contributed by atoms with E-state index in [1.807, 2.05) is 0 Å². The summed E-state index contributed by atoms with van der Waals surface area (Å²) in [5, 5.41) is 10.8. The fraction of sp³-hybridized carbons (Fsp3) is 0.533. The van der Waals surface area contributed by atoms with Crippen molar-refractivity contribution in [1.82, 2.24) is 9.80 Å². The SMILES string of the molecule is CC(C)(O)CN1CCN(C(=O)c2cc(Cl)ccc2Cl)CC1. The molecular formula is C15H20Cl2N2O2. The van der Waals surface area contributed by atoms with Gasteiger partial charge >= 0.3 is 0 Å². The van der Waals surface area contributed by atoms with Crippen molar-refractivity contribution in [2.75, 3.05) is 32.7 Å². The number of hydrogen-bond donors (Lipinski definition) is 1. The maximum Gasteiger partial charge on any atom is 0.255 e. The van der Waals surface area contributed by atoms with Crippen molar-refractivity contribution in [3.63, 3.8) is 0 Å². The number of β-amino-alcohol motifs (C(OH)–C–C–N with tert-alkyl or cyclic N) is 1. The molecule has 116 valence electrons. The molecule has 6 heteroatoms. The fourth-order valence-electron chi connectivity index (χ4n) is 2.49. The van der Waals surface area contributed by atoms with E-state index in [4.69, 9.17) is 23.2 Å². The number of piperazine rings is 1. The number of nitrogens with zero attached hydrogens (tertiary/aromatic N) is 2. The molecule has 1 aliphatic rings. The molecule has 1 saturated heterocycles. The van der Waals surface area contributed by atoms with Gasteiger partial charge in [-0.15, -0.1) is 0 Å². The van der Waals surface area contributed by atoms with Crippen molar-refractivity contribution in [2.45, 2.75) is 19.4 Å². The van der Waals surface area contributed by atoms with Gasteiger partial charge in [0.2, 0.25) is 0 Å². The van der Waals surface area contributed by atoms with E-state index in [-0.39, 0.29) is 5.91 Å². The van der Waals surface area contributed by atoms with E-state index in [2.05, 4.69) is 4.90 Å². The van der Waals surface area contributed by atoms with E-state index < -0.39 is 5.60 Å². The van der Waals surface area contributed by atoms with Crippen LogP contribution in [0.3, 0.4) is 0 Å². The zero-order valence-corrected chi connectivity index (χ0v) is 13.8. The minimum atomic E-state index is -0.720. The van der Waals surface area contributed by atoms with Gasteiger partial charge in [0.1, 0.15) is 0 Å². The zero-order chi connectivity index (χ0) is 15.6. The van der Waals surface area contributed by atoms with E-state index >= 15 is 0 Å². The van der Waals surface area contributed by atoms with Crippen molar-refractivity contribution in [3.05, 3.63) is 33.8 Å². The van der Waals surface area contributed by atoms with E-state index in [9.17, 15) is 9.90 Å². The monoisotopic (exact) mass is 330 g/mol. The van der Waals surface area contributed by atoms with Crippen LogP contribution in [0.4, 0.5) is 0 Å². The summed E-state index contributed by atoms with van der Waals surface area (Å²) < 4.78 is 0. The molecule has 21 heavy (non-hydrogen) atoms. The molecule has 1 aliphatic heterocycles. The van der Waals surface area contributed by atoms with Crippen molar-refractivity contribution in [3.8, 4) is 0 Å². The van der Waals surface area contributed by atoms with Crippen LogP contribution in [0, 0.1) is 0 Å². The van der Waals surface area contributed by atoms with E-state index in [1.165, 1.54) is 0 Å². The third kappa shape index (κ3) is 4.58. The van der Waals surface area contributed by atoms with Crippen molar-refractivity contribution in [1.29, 1.82) is 0 Å². The highest BCUT2D eigenvalue weighted by Crippen LogP contribution is 2.22. The van der Waals surface area contributed by atoms with Crippen LogP contribution in [-0.2, 0) is 0 Å². The van der Waals surface area contributed by atoms with Gasteiger partial charge in [-0.2, -0.15) is 0 Å². The minimum Gasteiger partial charge on any atom is -0.389 e. The van der Waals surface area contributed by atoms with Gasteiger partial charge in [-0.25, -0.2) is 0 Å². The number of rotatable bonds is 3. The number of halogens is 2. The van der Waals surface area contributed by atoms with Gasteiger partial charge in [0.15, 0.2) is 0 Å². The lowest BCUT2D eigenvalue weighted by Crippen LogP contribution is -2.52. The summed E-state index contributed by atoms with van der Waals surface area (Å²) in [6, 6.07) is 4.92. The van der Waals surface area contributed by atoms with Crippen LogP contribution in [-0.4, -0.2) is 59.1 Å². The van der Waals surface area contributed by atoms with Gasteiger partial charge in [0, 0.05) is 37.7 Å². The molecule has 0 atom stereocenters. The maximum atomic E-state index is 12.5. The molecule has 0 spiro atoms. The van der Waals surface area contributed by atoms with E-state index in [0.717, 1.165) is 13.1 Å². The summed E-state index contributed by atoms with van der Waals surface area (Å²) in [5.41, 5.74) is -0.275. The van der Waals surface area contributed by atoms with Crippen molar-refractivity contribution in [2.24, 2.45) is 0 Å². The van der Waals surface area contributed by atoms with Crippen LogP contribution in [0.1, 0.15) is 24.2 Å². The van der Waals surface area contributed by atoms with E-state index in [0.29, 0.717) is 35.2 Å². The minimum absolute atomic E-state index is 0.0922. The molecule has 2 rings (SSSR count). The molecule has 1 aromatic rings. The van der Waals surface area contributed by atoms with Crippen molar-refractivity contribution < 1.29 is 9.90 Å². The standard InChI is InChI=1S/C15H20Cl2N2O2/c1-15(2,21)10-18-5-7-19(8-6-18)14(20)12-9-11(16)3-4-13(12)17/h3-4,9,21H,5-8,10H2,1-2H3. The molecule has 1 heterocycles. The van der Waals surface area contributed by atoms with Gasteiger partial charge in [-0.05, 0) is 32.0 Å². The number of amides is 1. The van der Waals surface area contributed by atoms with Gasteiger partial charge in [-0.3, -0.25) is 9.69 Å². The summed E-state index contributed by atoms with van der Waals surface area (Å²) in [7, 11) is 0. The molecular weight excluding hydrogens is 311 g/mol. The Morgan fingerprint density at radius 1 is 1.24 bits per heavy atom. The van der Waals surface area contributed by atoms with Crippen LogP contribution in [0.5, 0.6) is 0 Å². The van der Waals surface area contributed by atoms with Gasteiger partial charge in [0.25, 0.3) is 5.91 Å². The van der Waals surface area contributed by atoms with Crippen LogP contribution in [0.15, 0.2) is 18.2 Å². The second-order valence-electron chi connectivity index (χ2n) is 6.00. The zero-order valence-electron chi connectivity index (χ0n) is 12.3. The quantitative estimate of drug-likeness (QED) is 0.926. The van der Waals surface area contributed by atoms with Crippen LogP contribution in [0.2, 0.25) is 10.0 Å². The molecule has 0 aliphatic carbocycles. The first kappa shape index (κ1) is 16.6. The number of aliphatic hydroxyl groups is 1.